The van der Waals surface area contributed by atoms with Gasteiger partial charge in [0.05, 0.1) is 11.5 Å². The van der Waals surface area contributed by atoms with Crippen molar-refractivity contribution >= 4 is 15.7 Å². The average Bonchev–Trinajstić information content (AvgIpc) is 3.02. The first-order valence-electron chi connectivity index (χ1n) is 7.18. The number of nitrogens with zero attached hydrogens (tertiary/aromatic N) is 3. The van der Waals surface area contributed by atoms with Gasteiger partial charge in [0.15, 0.2) is 15.7 Å². The van der Waals surface area contributed by atoms with E-state index in [9.17, 15) is 13.2 Å². The number of aromatic nitrogens is 2. The number of hydrogen-bond acceptors (Lipinski definition) is 7. The van der Waals surface area contributed by atoms with Gasteiger partial charge in [-0.2, -0.15) is 4.98 Å². The van der Waals surface area contributed by atoms with E-state index in [-0.39, 0.29) is 12.0 Å². The second kappa shape index (κ2) is 5.31. The van der Waals surface area contributed by atoms with Crippen molar-refractivity contribution in [3.63, 3.8) is 0 Å². The quantitative estimate of drug-likeness (QED) is 0.749. The first-order chi connectivity index (χ1) is 10.3. The Bertz CT molecular complexity index is 686. The van der Waals surface area contributed by atoms with Gasteiger partial charge in [0.2, 0.25) is 11.8 Å². The third-order valence-electron chi connectivity index (χ3n) is 4.31. The van der Waals surface area contributed by atoms with Gasteiger partial charge in [-0.05, 0) is 19.8 Å². The van der Waals surface area contributed by atoms with Gasteiger partial charge in [0.1, 0.15) is 5.75 Å². The fourth-order valence-corrected chi connectivity index (χ4v) is 3.91. The smallest absolute Gasteiger partial charge is 0.237 e. The Morgan fingerprint density at radius 1 is 1.50 bits per heavy atom. The van der Waals surface area contributed by atoms with Gasteiger partial charge in [0.25, 0.3) is 0 Å². The molecule has 9 heteroatoms. The Labute approximate surface area is 128 Å². The molecular weight excluding hydrogens is 310 g/mol. The number of ether oxygens (including phenoxy) is 1. The molecule has 2 aliphatic rings. The molecule has 1 aromatic rings. The zero-order valence-electron chi connectivity index (χ0n) is 12.6. The van der Waals surface area contributed by atoms with Crippen LogP contribution in [0.2, 0.25) is 0 Å². The first kappa shape index (κ1) is 15.4. The van der Waals surface area contributed by atoms with Gasteiger partial charge in [0, 0.05) is 26.0 Å². The van der Waals surface area contributed by atoms with E-state index < -0.39 is 21.0 Å². The molecule has 0 bridgehead atoms. The van der Waals surface area contributed by atoms with E-state index >= 15 is 0 Å². The van der Waals surface area contributed by atoms with Gasteiger partial charge >= 0.3 is 0 Å². The van der Waals surface area contributed by atoms with Crippen LogP contribution in [0.5, 0.6) is 0 Å². The summed E-state index contributed by atoms with van der Waals surface area (Å²) in [6, 6.07) is 0. The lowest BCUT2D eigenvalue weighted by Gasteiger charge is -2.41. The molecule has 2 atom stereocenters. The molecule has 2 fully saturated rings. The van der Waals surface area contributed by atoms with Crippen molar-refractivity contribution < 1.29 is 22.5 Å². The summed E-state index contributed by atoms with van der Waals surface area (Å²) in [5, 5.41) is 3.84. The van der Waals surface area contributed by atoms with E-state index in [0.717, 1.165) is 6.26 Å². The van der Waals surface area contributed by atoms with E-state index in [1.165, 1.54) is 0 Å². The maximum atomic E-state index is 12.2. The highest BCUT2D eigenvalue weighted by atomic mass is 32.2. The standard InChI is InChI=1S/C13H19N3O5S/c1-9-14-12(21-15-9)13-4-6-20-10(13)3-5-16(8-13)11(17)7-22(2,18)19/h10H,3-8H2,1-2H3/t10-,13-/m1/s1. The normalized spacial score (nSPS) is 28.6. The zero-order chi connectivity index (χ0) is 16.0. The van der Waals surface area contributed by atoms with Crippen molar-refractivity contribution in [1.82, 2.24) is 15.0 Å². The summed E-state index contributed by atoms with van der Waals surface area (Å²) >= 11 is 0. The summed E-state index contributed by atoms with van der Waals surface area (Å²) < 4.78 is 33.8. The minimum atomic E-state index is -3.35. The van der Waals surface area contributed by atoms with E-state index in [2.05, 4.69) is 10.1 Å². The molecule has 2 saturated heterocycles. The Balaban J connectivity index is 1.86. The molecule has 3 heterocycles. The number of amides is 1. The van der Waals surface area contributed by atoms with Crippen LogP contribution < -0.4 is 0 Å². The number of fused-ring (bicyclic) bond motifs is 1. The molecule has 8 nitrogen and oxygen atoms in total. The molecule has 0 spiro atoms. The SMILES string of the molecule is Cc1noc([C@@]23CCO[C@@H]2CCN(C(=O)CS(C)(=O)=O)C3)n1. The average molecular weight is 329 g/mol. The molecule has 1 amide bonds. The first-order valence-corrected chi connectivity index (χ1v) is 9.24. The Kier molecular flexibility index (Phi) is 3.72. The van der Waals surface area contributed by atoms with E-state index in [4.69, 9.17) is 9.26 Å². The molecule has 0 saturated carbocycles. The number of carbonyl (C=O) groups is 1. The molecule has 0 aliphatic carbocycles. The number of hydrogen-bond donors (Lipinski definition) is 0. The molecule has 1 aromatic heterocycles. The molecule has 22 heavy (non-hydrogen) atoms. The van der Waals surface area contributed by atoms with E-state index in [1.807, 2.05) is 0 Å². The second-order valence-corrected chi connectivity index (χ2v) is 8.23. The Morgan fingerprint density at radius 3 is 2.91 bits per heavy atom. The van der Waals surface area contributed by atoms with Crippen molar-refractivity contribution in [1.29, 1.82) is 0 Å². The molecule has 3 rings (SSSR count). The summed E-state index contributed by atoms with van der Waals surface area (Å²) in [6.07, 6.45) is 2.31. The summed E-state index contributed by atoms with van der Waals surface area (Å²) in [6.45, 7) is 3.14. The van der Waals surface area contributed by atoms with Crippen molar-refractivity contribution in [2.45, 2.75) is 31.3 Å². The predicted molar refractivity (Wildman–Crippen MR) is 76.0 cm³/mol. The van der Waals surface area contributed by atoms with Gasteiger partial charge in [-0.25, -0.2) is 8.42 Å². The van der Waals surface area contributed by atoms with E-state index in [0.29, 0.717) is 44.3 Å². The van der Waals surface area contributed by atoms with Gasteiger partial charge in [-0.3, -0.25) is 4.79 Å². The summed E-state index contributed by atoms with van der Waals surface area (Å²) in [7, 11) is -3.35. The maximum Gasteiger partial charge on any atom is 0.237 e. The summed E-state index contributed by atoms with van der Waals surface area (Å²) in [4.78, 5) is 18.1. The van der Waals surface area contributed by atoms with Gasteiger partial charge in [-0.15, -0.1) is 0 Å². The van der Waals surface area contributed by atoms with Crippen LogP contribution in [-0.2, 0) is 24.8 Å². The lowest BCUT2D eigenvalue weighted by molar-refractivity contribution is -0.132. The number of likely N-dealkylation sites (tertiary alicyclic amines) is 1. The molecule has 2 aliphatic heterocycles. The molecule has 0 radical (unpaired) electrons. The minimum absolute atomic E-state index is 0.0744. The van der Waals surface area contributed by atoms with Crippen LogP contribution in [0.25, 0.3) is 0 Å². The van der Waals surface area contributed by atoms with Gasteiger partial charge < -0.3 is 14.2 Å². The number of aryl methyl sites for hydroxylation is 1. The minimum Gasteiger partial charge on any atom is -0.377 e. The number of rotatable bonds is 3. The molecule has 0 aromatic carbocycles. The summed E-state index contributed by atoms with van der Waals surface area (Å²) in [5.41, 5.74) is -0.521. The van der Waals surface area contributed by atoms with Crippen molar-refractivity contribution in [2.24, 2.45) is 0 Å². The number of sulfone groups is 1. The van der Waals surface area contributed by atoms with E-state index in [1.54, 1.807) is 11.8 Å². The van der Waals surface area contributed by atoms with Crippen LogP contribution in [0, 0.1) is 6.92 Å². The fourth-order valence-electron chi connectivity index (χ4n) is 3.28. The molecule has 122 valence electrons. The van der Waals surface area contributed by atoms with Crippen LogP contribution in [0.3, 0.4) is 0 Å². The molecular formula is C13H19N3O5S. The van der Waals surface area contributed by atoms with Crippen LogP contribution in [0.15, 0.2) is 4.52 Å². The third-order valence-corrected chi connectivity index (χ3v) is 5.08. The highest BCUT2D eigenvalue weighted by Gasteiger charge is 2.53. The number of piperidine rings is 1. The van der Waals surface area contributed by atoms with Crippen LogP contribution in [0.4, 0.5) is 0 Å². The van der Waals surface area contributed by atoms with Crippen molar-refractivity contribution in [3.05, 3.63) is 11.7 Å². The van der Waals surface area contributed by atoms with Crippen molar-refractivity contribution in [2.75, 3.05) is 31.7 Å². The van der Waals surface area contributed by atoms with Crippen LogP contribution >= 0.6 is 0 Å². The largest absolute Gasteiger partial charge is 0.377 e. The van der Waals surface area contributed by atoms with Crippen LogP contribution in [-0.4, -0.2) is 67.2 Å². The highest BCUT2D eigenvalue weighted by Crippen LogP contribution is 2.42. The Hall–Kier alpha value is -1.48. The summed E-state index contributed by atoms with van der Waals surface area (Å²) in [5.74, 6) is 0.153. The topological polar surface area (TPSA) is 103 Å². The maximum absolute atomic E-state index is 12.2. The van der Waals surface area contributed by atoms with Crippen molar-refractivity contribution in [3.8, 4) is 0 Å². The lowest BCUT2D eigenvalue weighted by Crippen LogP contribution is -2.55. The molecule has 0 N–H and O–H groups in total. The predicted octanol–water partition coefficient (Wildman–Crippen LogP) is -0.318. The third kappa shape index (κ3) is 2.74. The Morgan fingerprint density at radius 2 is 2.27 bits per heavy atom. The monoisotopic (exact) mass is 329 g/mol. The van der Waals surface area contributed by atoms with Crippen LogP contribution in [0.1, 0.15) is 24.6 Å². The number of carbonyl (C=O) groups excluding carboxylic acids is 1. The van der Waals surface area contributed by atoms with Gasteiger partial charge in [-0.1, -0.05) is 5.16 Å². The zero-order valence-corrected chi connectivity index (χ0v) is 13.4. The lowest BCUT2D eigenvalue weighted by atomic mass is 9.76. The highest BCUT2D eigenvalue weighted by molar-refractivity contribution is 7.91. The fraction of sp³-hybridized carbons (Fsp3) is 0.769. The second-order valence-electron chi connectivity index (χ2n) is 6.09. The molecule has 0 unspecified atom stereocenters.